The number of tetrazole rings is 1. The molecule has 0 fully saturated rings. The highest BCUT2D eigenvalue weighted by Gasteiger charge is 2.23. The normalized spacial score (nSPS) is 12.3. The van der Waals surface area contributed by atoms with Crippen LogP contribution < -0.4 is 0 Å². The number of nitrogens with one attached hydrogen (secondary N) is 1. The minimum Gasteiger partial charge on any atom is -0.481 e. The molecular formula is C23H25N5O2. The number of unbranched alkanes of at least 4 members (excludes halogenated alkanes) is 3. The number of benzene rings is 2. The van der Waals surface area contributed by atoms with Crippen molar-refractivity contribution in [1.82, 2.24) is 25.2 Å². The van der Waals surface area contributed by atoms with Crippen LogP contribution >= 0.6 is 0 Å². The van der Waals surface area contributed by atoms with E-state index in [9.17, 15) is 9.90 Å². The van der Waals surface area contributed by atoms with Crippen LogP contribution in [0.2, 0.25) is 0 Å². The Morgan fingerprint density at radius 2 is 1.80 bits per heavy atom. The molecule has 0 aliphatic rings. The summed E-state index contributed by atoms with van der Waals surface area (Å²) in [4.78, 5) is 12.0. The Balaban J connectivity index is 1.31. The number of carbonyl (C=O) groups is 1. The molecular weight excluding hydrogens is 378 g/mol. The van der Waals surface area contributed by atoms with Crippen molar-refractivity contribution in [2.75, 3.05) is 0 Å². The Morgan fingerprint density at radius 1 is 1.00 bits per heavy atom. The van der Waals surface area contributed by atoms with Gasteiger partial charge in [-0.15, -0.1) is 10.2 Å². The van der Waals surface area contributed by atoms with Crippen molar-refractivity contribution in [2.45, 2.75) is 44.6 Å². The third kappa shape index (κ3) is 4.40. The Morgan fingerprint density at radius 3 is 2.63 bits per heavy atom. The molecule has 0 aliphatic heterocycles. The van der Waals surface area contributed by atoms with Gasteiger partial charge in [-0.25, -0.2) is 0 Å². The zero-order valence-electron chi connectivity index (χ0n) is 16.7. The van der Waals surface area contributed by atoms with Crippen molar-refractivity contribution in [2.24, 2.45) is 0 Å². The number of hydrogen-bond acceptors (Lipinski definition) is 4. The topological polar surface area (TPSA) is 96.7 Å². The first kappa shape index (κ1) is 19.8. The molecule has 0 spiro atoms. The van der Waals surface area contributed by atoms with Crippen LogP contribution in [0.3, 0.4) is 0 Å². The number of H-pyrrole nitrogens is 1. The van der Waals surface area contributed by atoms with Gasteiger partial charge in [0.25, 0.3) is 0 Å². The van der Waals surface area contributed by atoms with Gasteiger partial charge in [0.2, 0.25) is 5.82 Å². The molecule has 0 aliphatic carbocycles. The van der Waals surface area contributed by atoms with E-state index in [1.807, 2.05) is 24.3 Å². The average Bonchev–Trinajstić information content (AvgIpc) is 3.43. The van der Waals surface area contributed by atoms with Gasteiger partial charge in [0.05, 0.1) is 5.92 Å². The summed E-state index contributed by atoms with van der Waals surface area (Å²) in [6.45, 7) is 0.983. The van der Waals surface area contributed by atoms with E-state index >= 15 is 0 Å². The zero-order chi connectivity index (χ0) is 20.8. The first-order chi connectivity index (χ1) is 14.7. The largest absolute Gasteiger partial charge is 0.481 e. The molecule has 0 amide bonds. The molecule has 4 aromatic rings. The lowest BCUT2D eigenvalue weighted by Gasteiger charge is -2.15. The summed E-state index contributed by atoms with van der Waals surface area (Å²) < 4.78 is 2.29. The fourth-order valence-corrected chi connectivity index (χ4v) is 4.01. The molecule has 2 aromatic heterocycles. The number of rotatable bonds is 10. The van der Waals surface area contributed by atoms with Crippen LogP contribution in [0, 0.1) is 0 Å². The molecule has 1 unspecified atom stereocenters. The Labute approximate surface area is 174 Å². The molecule has 30 heavy (non-hydrogen) atoms. The maximum atomic E-state index is 12.0. The number of aromatic amines is 1. The molecule has 4 rings (SSSR count). The van der Waals surface area contributed by atoms with Gasteiger partial charge in [-0.2, -0.15) is 5.21 Å². The summed E-state index contributed by atoms with van der Waals surface area (Å²) in [6, 6.07) is 18.0. The fourth-order valence-electron chi connectivity index (χ4n) is 4.01. The minimum atomic E-state index is -0.815. The van der Waals surface area contributed by atoms with Crippen molar-refractivity contribution in [3.05, 3.63) is 66.4 Å². The van der Waals surface area contributed by atoms with Crippen molar-refractivity contribution in [1.29, 1.82) is 0 Å². The monoisotopic (exact) mass is 403 g/mol. The van der Waals surface area contributed by atoms with Crippen molar-refractivity contribution < 1.29 is 9.90 Å². The number of aliphatic carboxylic acids is 1. The van der Waals surface area contributed by atoms with Gasteiger partial charge >= 0.3 is 5.97 Å². The lowest BCUT2D eigenvalue weighted by atomic mass is 9.89. The molecule has 0 bridgehead atoms. The summed E-state index contributed by atoms with van der Waals surface area (Å²) in [7, 11) is 0. The number of nitrogens with zero attached hydrogens (tertiary/aromatic N) is 4. The van der Waals surface area contributed by atoms with E-state index in [1.165, 1.54) is 10.9 Å². The summed E-state index contributed by atoms with van der Waals surface area (Å²) in [5.74, 6) is -0.964. The number of carboxylic acid groups (broad SMARTS) is 1. The van der Waals surface area contributed by atoms with Gasteiger partial charge in [0.15, 0.2) is 0 Å². The van der Waals surface area contributed by atoms with Crippen LogP contribution in [-0.2, 0) is 11.3 Å². The average molecular weight is 403 g/mol. The van der Waals surface area contributed by atoms with E-state index in [0.717, 1.165) is 43.4 Å². The summed E-state index contributed by atoms with van der Waals surface area (Å²) in [5, 5.41) is 25.1. The smallest absolute Gasteiger partial charge is 0.310 e. The lowest BCUT2D eigenvalue weighted by Crippen LogP contribution is -2.13. The van der Waals surface area contributed by atoms with Crippen LogP contribution in [0.1, 0.15) is 43.6 Å². The van der Waals surface area contributed by atoms with Crippen LogP contribution in [0.25, 0.3) is 22.3 Å². The van der Waals surface area contributed by atoms with Gasteiger partial charge in [-0.3, -0.25) is 4.79 Å². The summed E-state index contributed by atoms with van der Waals surface area (Å²) in [5.41, 5.74) is 2.73. The predicted octanol–water partition coefficient (Wildman–Crippen LogP) is 4.64. The van der Waals surface area contributed by atoms with Crippen LogP contribution in [0.4, 0.5) is 0 Å². The predicted molar refractivity (Wildman–Crippen MR) is 115 cm³/mol. The number of hydrogen-bond donors (Lipinski definition) is 2. The molecule has 2 heterocycles. The van der Waals surface area contributed by atoms with Gasteiger partial charge < -0.3 is 9.67 Å². The molecule has 1 atom stereocenters. The standard InChI is InChI=1S/C23H25N5O2/c29-23(30)20(18-10-5-6-11-19(18)22-24-26-27-25-22)12-3-1-2-8-15-28-16-14-17-9-4-7-13-21(17)28/h4-7,9-11,13-14,16,20H,1-3,8,12,15H2,(H,29,30)(H,24,25,26,27). The van der Waals surface area contributed by atoms with Gasteiger partial charge in [0, 0.05) is 23.8 Å². The molecule has 0 saturated carbocycles. The van der Waals surface area contributed by atoms with Crippen LogP contribution in [-0.4, -0.2) is 36.3 Å². The maximum Gasteiger partial charge on any atom is 0.310 e. The highest BCUT2D eigenvalue weighted by atomic mass is 16.4. The molecule has 2 N–H and O–H groups in total. The van der Waals surface area contributed by atoms with E-state index < -0.39 is 11.9 Å². The highest BCUT2D eigenvalue weighted by Crippen LogP contribution is 2.30. The SMILES string of the molecule is O=C(O)C(CCCCCCn1ccc2ccccc21)c1ccccc1-c1nn[nH]n1. The number of aryl methyl sites for hydroxylation is 1. The van der Waals surface area contributed by atoms with E-state index in [1.54, 1.807) is 0 Å². The number of para-hydroxylation sites is 1. The van der Waals surface area contributed by atoms with E-state index in [-0.39, 0.29) is 0 Å². The number of aromatic nitrogens is 5. The molecule has 154 valence electrons. The second kappa shape index (κ2) is 9.35. The second-order valence-corrected chi connectivity index (χ2v) is 7.48. The van der Waals surface area contributed by atoms with E-state index in [4.69, 9.17) is 0 Å². The Hall–Kier alpha value is -3.48. The summed E-state index contributed by atoms with van der Waals surface area (Å²) >= 11 is 0. The van der Waals surface area contributed by atoms with Crippen molar-refractivity contribution in [3.63, 3.8) is 0 Å². The van der Waals surface area contributed by atoms with E-state index in [0.29, 0.717) is 12.2 Å². The second-order valence-electron chi connectivity index (χ2n) is 7.48. The maximum absolute atomic E-state index is 12.0. The fraction of sp³-hybridized carbons (Fsp3) is 0.304. The van der Waals surface area contributed by atoms with Gasteiger partial charge in [-0.05, 0) is 41.1 Å². The molecule has 7 heteroatoms. The van der Waals surface area contributed by atoms with Crippen molar-refractivity contribution in [3.8, 4) is 11.4 Å². The first-order valence-electron chi connectivity index (χ1n) is 10.3. The van der Waals surface area contributed by atoms with E-state index in [2.05, 4.69) is 61.7 Å². The van der Waals surface area contributed by atoms with Crippen molar-refractivity contribution >= 4 is 16.9 Å². The van der Waals surface area contributed by atoms with Gasteiger partial charge in [0.1, 0.15) is 0 Å². The highest BCUT2D eigenvalue weighted by molar-refractivity contribution is 5.80. The quantitative estimate of drug-likeness (QED) is 0.376. The summed E-state index contributed by atoms with van der Waals surface area (Å²) in [6.07, 6.45) is 6.76. The van der Waals surface area contributed by atoms with Gasteiger partial charge in [-0.1, -0.05) is 61.7 Å². The first-order valence-corrected chi connectivity index (χ1v) is 10.3. The third-order valence-corrected chi connectivity index (χ3v) is 5.54. The molecule has 0 radical (unpaired) electrons. The minimum absolute atomic E-state index is 0.427. The lowest BCUT2D eigenvalue weighted by molar-refractivity contribution is -0.139. The Kier molecular flexibility index (Phi) is 6.17. The van der Waals surface area contributed by atoms with Crippen LogP contribution in [0.15, 0.2) is 60.8 Å². The zero-order valence-corrected chi connectivity index (χ0v) is 16.7. The Bertz CT molecular complexity index is 1100. The number of carboxylic acids is 1. The number of fused-ring (bicyclic) bond motifs is 1. The third-order valence-electron chi connectivity index (χ3n) is 5.54. The van der Waals surface area contributed by atoms with Crippen LogP contribution in [0.5, 0.6) is 0 Å². The molecule has 0 saturated heterocycles. The molecule has 7 nitrogen and oxygen atoms in total. The molecule has 2 aromatic carbocycles.